The van der Waals surface area contributed by atoms with Crippen LogP contribution in [-0.4, -0.2) is 42.9 Å². The van der Waals surface area contributed by atoms with Gasteiger partial charge in [0, 0.05) is 19.1 Å². The van der Waals surface area contributed by atoms with E-state index in [1.165, 1.54) is 0 Å². The van der Waals surface area contributed by atoms with Crippen molar-refractivity contribution < 1.29 is 14.6 Å². The number of aliphatic hydroxyl groups is 1. The Labute approximate surface area is 148 Å². The van der Waals surface area contributed by atoms with Gasteiger partial charge in [-0.2, -0.15) is 5.26 Å². The van der Waals surface area contributed by atoms with Crippen LogP contribution in [0.1, 0.15) is 23.6 Å². The standard InChI is InChI=1S/C20H22N2O3/c1-24-18-6-3-5-16(11-18)20-12-17(23)14-22(20)8-9-25-19-7-2-4-15(10-19)13-21/h2-7,10-11,17,20,23H,8-9,12,14H2,1H3. The van der Waals surface area contributed by atoms with E-state index in [0.29, 0.717) is 37.4 Å². The highest BCUT2D eigenvalue weighted by Gasteiger charge is 2.31. The quantitative estimate of drug-likeness (QED) is 0.877. The van der Waals surface area contributed by atoms with Gasteiger partial charge < -0.3 is 14.6 Å². The van der Waals surface area contributed by atoms with Gasteiger partial charge in [0.05, 0.1) is 24.8 Å². The first-order valence-electron chi connectivity index (χ1n) is 8.38. The van der Waals surface area contributed by atoms with Gasteiger partial charge in [-0.3, -0.25) is 4.90 Å². The lowest BCUT2D eigenvalue weighted by molar-refractivity contribution is 0.162. The largest absolute Gasteiger partial charge is 0.497 e. The average molecular weight is 338 g/mol. The predicted octanol–water partition coefficient (Wildman–Crippen LogP) is 2.75. The number of β-amino-alcohol motifs (C(OH)–C–C–N with tert-alkyl or cyclic N) is 1. The first-order chi connectivity index (χ1) is 12.2. The fourth-order valence-electron chi connectivity index (χ4n) is 3.26. The van der Waals surface area contributed by atoms with Crippen LogP contribution in [0, 0.1) is 11.3 Å². The molecule has 0 bridgehead atoms. The second-order valence-corrected chi connectivity index (χ2v) is 6.16. The van der Waals surface area contributed by atoms with Crippen molar-refractivity contribution in [1.82, 2.24) is 4.90 Å². The summed E-state index contributed by atoms with van der Waals surface area (Å²) in [6, 6.07) is 17.4. The Morgan fingerprint density at radius 3 is 2.80 bits per heavy atom. The molecule has 3 rings (SSSR count). The van der Waals surface area contributed by atoms with Crippen molar-refractivity contribution in [3.05, 3.63) is 59.7 Å². The summed E-state index contributed by atoms with van der Waals surface area (Å²) in [6.07, 6.45) is 0.370. The molecule has 2 aromatic carbocycles. The molecule has 1 saturated heterocycles. The summed E-state index contributed by atoms with van der Waals surface area (Å²) in [6.45, 7) is 1.83. The van der Waals surface area contributed by atoms with E-state index in [0.717, 1.165) is 11.3 Å². The van der Waals surface area contributed by atoms with Gasteiger partial charge in [0.25, 0.3) is 0 Å². The van der Waals surface area contributed by atoms with Crippen LogP contribution in [0.25, 0.3) is 0 Å². The fraction of sp³-hybridized carbons (Fsp3) is 0.350. The molecule has 0 aromatic heterocycles. The number of methoxy groups -OCH3 is 1. The third-order valence-electron chi connectivity index (χ3n) is 4.47. The van der Waals surface area contributed by atoms with Gasteiger partial charge >= 0.3 is 0 Å². The van der Waals surface area contributed by atoms with E-state index in [9.17, 15) is 5.11 Å². The number of hydrogen-bond acceptors (Lipinski definition) is 5. The predicted molar refractivity (Wildman–Crippen MR) is 94.6 cm³/mol. The van der Waals surface area contributed by atoms with Crippen LogP contribution in [-0.2, 0) is 0 Å². The van der Waals surface area contributed by atoms with Crippen molar-refractivity contribution >= 4 is 0 Å². The van der Waals surface area contributed by atoms with Gasteiger partial charge in [0.15, 0.2) is 0 Å². The van der Waals surface area contributed by atoms with Gasteiger partial charge in [0.2, 0.25) is 0 Å². The molecule has 5 nitrogen and oxygen atoms in total. The zero-order valence-corrected chi connectivity index (χ0v) is 14.3. The molecule has 1 fully saturated rings. The van der Waals surface area contributed by atoms with Crippen molar-refractivity contribution in [3.8, 4) is 17.6 Å². The van der Waals surface area contributed by atoms with E-state index < -0.39 is 0 Å². The molecule has 2 atom stereocenters. The monoisotopic (exact) mass is 338 g/mol. The molecule has 2 aromatic rings. The number of hydrogen-bond donors (Lipinski definition) is 1. The van der Waals surface area contributed by atoms with Crippen LogP contribution in [0.3, 0.4) is 0 Å². The minimum atomic E-state index is -0.335. The number of nitriles is 1. The Bertz CT molecular complexity index is 757. The number of ether oxygens (including phenoxy) is 2. The van der Waals surface area contributed by atoms with Crippen molar-refractivity contribution in [3.63, 3.8) is 0 Å². The number of nitrogens with zero attached hydrogens (tertiary/aromatic N) is 2. The summed E-state index contributed by atoms with van der Waals surface area (Å²) in [5.74, 6) is 1.51. The lowest BCUT2D eigenvalue weighted by atomic mass is 10.0. The number of benzene rings is 2. The minimum absolute atomic E-state index is 0.152. The third-order valence-corrected chi connectivity index (χ3v) is 4.47. The maximum absolute atomic E-state index is 10.1. The summed E-state index contributed by atoms with van der Waals surface area (Å²) in [5, 5.41) is 19.0. The smallest absolute Gasteiger partial charge is 0.120 e. The van der Waals surface area contributed by atoms with Crippen LogP contribution in [0.15, 0.2) is 48.5 Å². The maximum atomic E-state index is 10.1. The summed E-state index contributed by atoms with van der Waals surface area (Å²) >= 11 is 0. The molecule has 0 amide bonds. The number of rotatable bonds is 6. The normalized spacial score (nSPS) is 20.2. The van der Waals surface area contributed by atoms with Crippen LogP contribution in [0.5, 0.6) is 11.5 Å². The molecule has 2 unspecified atom stereocenters. The molecule has 1 N–H and O–H groups in total. The lowest BCUT2D eigenvalue weighted by Crippen LogP contribution is -2.29. The molecule has 1 aliphatic heterocycles. The fourth-order valence-corrected chi connectivity index (χ4v) is 3.26. The summed E-state index contributed by atoms with van der Waals surface area (Å²) in [4.78, 5) is 2.23. The molecular weight excluding hydrogens is 316 g/mol. The van der Waals surface area contributed by atoms with Gasteiger partial charge in [0.1, 0.15) is 18.1 Å². The number of aliphatic hydroxyl groups excluding tert-OH is 1. The maximum Gasteiger partial charge on any atom is 0.120 e. The second kappa shape index (κ2) is 8.02. The SMILES string of the molecule is COc1cccc(C2CC(O)CN2CCOc2cccc(C#N)c2)c1. The van der Waals surface area contributed by atoms with Crippen LogP contribution >= 0.6 is 0 Å². The molecule has 0 aliphatic carbocycles. The van der Waals surface area contributed by atoms with Crippen molar-refractivity contribution in [2.45, 2.75) is 18.6 Å². The first kappa shape index (κ1) is 17.3. The van der Waals surface area contributed by atoms with E-state index >= 15 is 0 Å². The molecule has 0 radical (unpaired) electrons. The molecule has 0 spiro atoms. The highest BCUT2D eigenvalue weighted by molar-refractivity contribution is 5.36. The highest BCUT2D eigenvalue weighted by atomic mass is 16.5. The van der Waals surface area contributed by atoms with E-state index in [-0.39, 0.29) is 12.1 Å². The lowest BCUT2D eigenvalue weighted by Gasteiger charge is -2.24. The van der Waals surface area contributed by atoms with Gasteiger partial charge in [-0.25, -0.2) is 0 Å². The van der Waals surface area contributed by atoms with Crippen LogP contribution in [0.4, 0.5) is 0 Å². The summed E-state index contributed by atoms with van der Waals surface area (Å²) in [7, 11) is 1.66. The Morgan fingerprint density at radius 1 is 1.20 bits per heavy atom. The molecule has 130 valence electrons. The Kier molecular flexibility index (Phi) is 5.54. The molecule has 1 aliphatic rings. The number of likely N-dealkylation sites (tertiary alicyclic amines) is 1. The molecule has 0 saturated carbocycles. The zero-order valence-electron chi connectivity index (χ0n) is 14.3. The minimum Gasteiger partial charge on any atom is -0.497 e. The zero-order chi connectivity index (χ0) is 17.6. The Morgan fingerprint density at radius 2 is 2.00 bits per heavy atom. The summed E-state index contributed by atoms with van der Waals surface area (Å²) in [5.41, 5.74) is 1.73. The van der Waals surface area contributed by atoms with E-state index in [2.05, 4.69) is 17.0 Å². The molecule has 1 heterocycles. The Hall–Kier alpha value is -2.55. The third kappa shape index (κ3) is 4.30. The molecule has 25 heavy (non-hydrogen) atoms. The van der Waals surface area contributed by atoms with Crippen molar-refractivity contribution in [2.75, 3.05) is 26.8 Å². The van der Waals surface area contributed by atoms with E-state index in [1.807, 2.05) is 30.3 Å². The topological polar surface area (TPSA) is 65.7 Å². The summed E-state index contributed by atoms with van der Waals surface area (Å²) < 4.78 is 11.1. The average Bonchev–Trinajstić information content (AvgIpc) is 3.02. The first-order valence-corrected chi connectivity index (χ1v) is 8.38. The van der Waals surface area contributed by atoms with Crippen LogP contribution < -0.4 is 9.47 Å². The van der Waals surface area contributed by atoms with E-state index in [4.69, 9.17) is 14.7 Å². The Balaban J connectivity index is 1.62. The van der Waals surface area contributed by atoms with E-state index in [1.54, 1.807) is 19.2 Å². The van der Waals surface area contributed by atoms with Gasteiger partial charge in [-0.15, -0.1) is 0 Å². The van der Waals surface area contributed by atoms with Crippen molar-refractivity contribution in [2.24, 2.45) is 0 Å². The van der Waals surface area contributed by atoms with Crippen LogP contribution in [0.2, 0.25) is 0 Å². The van der Waals surface area contributed by atoms with Crippen molar-refractivity contribution in [1.29, 1.82) is 5.26 Å². The second-order valence-electron chi connectivity index (χ2n) is 6.16. The van der Waals surface area contributed by atoms with Gasteiger partial charge in [-0.05, 0) is 42.3 Å². The molecular formula is C20H22N2O3. The molecule has 5 heteroatoms. The van der Waals surface area contributed by atoms with Gasteiger partial charge in [-0.1, -0.05) is 18.2 Å². The highest BCUT2D eigenvalue weighted by Crippen LogP contribution is 2.33.